The predicted octanol–water partition coefficient (Wildman–Crippen LogP) is 4.93. The molecule has 0 aliphatic heterocycles. The van der Waals surface area contributed by atoms with Crippen molar-refractivity contribution in [3.05, 3.63) is 23.3 Å². The first-order valence-electron chi connectivity index (χ1n) is 4.89. The summed E-state index contributed by atoms with van der Waals surface area (Å²) < 4.78 is 0. The third-order valence-corrected chi connectivity index (χ3v) is 2.33. The Morgan fingerprint density at radius 1 is 1.14 bits per heavy atom. The summed E-state index contributed by atoms with van der Waals surface area (Å²) >= 11 is -0.826. The first kappa shape index (κ1) is 14.9. The molecule has 0 nitrogen and oxygen atoms in total. The molecule has 0 radical (unpaired) electrons. The summed E-state index contributed by atoms with van der Waals surface area (Å²) in [5, 5.41) is 0. The molecule has 0 bridgehead atoms. The number of hydrogen-bond acceptors (Lipinski definition) is 0. The van der Waals surface area contributed by atoms with Crippen molar-refractivity contribution in [1.82, 2.24) is 0 Å². The van der Waals surface area contributed by atoms with Gasteiger partial charge in [-0.15, -0.1) is 0 Å². The minimum absolute atomic E-state index is 0.700. The standard InChI is InChI=1S/C11H18.2ClH.Zr/c1-8(2)10-5-6-11(7-10)9(3)4;;;/h5,7-9H,6H2,1-4H3;2*1H;/q;;;+2/p-2. The van der Waals surface area contributed by atoms with E-state index in [4.69, 9.17) is 17.0 Å². The van der Waals surface area contributed by atoms with Crippen molar-refractivity contribution < 1.29 is 20.8 Å². The topological polar surface area (TPSA) is 0 Å². The summed E-state index contributed by atoms with van der Waals surface area (Å²) in [6, 6.07) is 0. The molecular weight excluding hydrogens is 294 g/mol. The van der Waals surface area contributed by atoms with Crippen molar-refractivity contribution >= 4 is 17.0 Å². The molecular formula is C11H18Cl2Zr. The van der Waals surface area contributed by atoms with Gasteiger partial charge < -0.3 is 0 Å². The van der Waals surface area contributed by atoms with Crippen LogP contribution < -0.4 is 0 Å². The van der Waals surface area contributed by atoms with Crippen LogP contribution in [0, 0.1) is 11.8 Å². The maximum atomic E-state index is 4.93. The van der Waals surface area contributed by atoms with Gasteiger partial charge in [-0.3, -0.25) is 0 Å². The molecule has 0 atom stereocenters. The molecule has 0 heterocycles. The van der Waals surface area contributed by atoms with Gasteiger partial charge in [-0.25, -0.2) is 0 Å². The third-order valence-electron chi connectivity index (χ3n) is 2.33. The van der Waals surface area contributed by atoms with Crippen molar-refractivity contribution in [3.8, 4) is 0 Å². The zero-order valence-electron chi connectivity index (χ0n) is 9.27. The first-order valence-corrected chi connectivity index (χ1v) is 11.2. The van der Waals surface area contributed by atoms with Gasteiger partial charge in [0.15, 0.2) is 0 Å². The van der Waals surface area contributed by atoms with Gasteiger partial charge >= 0.3 is 37.9 Å². The van der Waals surface area contributed by atoms with E-state index in [1.54, 1.807) is 5.57 Å². The Balaban J connectivity index is 0.000000500. The molecule has 1 rings (SSSR count). The average molecular weight is 312 g/mol. The summed E-state index contributed by atoms with van der Waals surface area (Å²) in [7, 11) is 9.87. The maximum absolute atomic E-state index is 4.93. The minimum atomic E-state index is -0.826. The zero-order chi connectivity index (χ0) is 11.1. The quantitative estimate of drug-likeness (QED) is 0.678. The summed E-state index contributed by atoms with van der Waals surface area (Å²) in [6.07, 6.45) is 5.92. The van der Waals surface area contributed by atoms with Gasteiger partial charge in [0.25, 0.3) is 0 Å². The normalized spacial score (nSPS) is 14.9. The average Bonchev–Trinajstić information content (AvgIpc) is 2.53. The van der Waals surface area contributed by atoms with E-state index in [0.717, 1.165) is 5.92 Å². The third kappa shape index (κ3) is 5.73. The van der Waals surface area contributed by atoms with E-state index in [1.165, 1.54) is 12.0 Å². The Morgan fingerprint density at radius 2 is 1.64 bits per heavy atom. The van der Waals surface area contributed by atoms with Gasteiger partial charge in [0, 0.05) is 0 Å². The van der Waals surface area contributed by atoms with E-state index in [9.17, 15) is 0 Å². The van der Waals surface area contributed by atoms with Crippen molar-refractivity contribution in [3.63, 3.8) is 0 Å². The molecule has 0 saturated heterocycles. The van der Waals surface area contributed by atoms with E-state index < -0.39 is 20.8 Å². The number of rotatable bonds is 2. The molecule has 0 spiro atoms. The molecule has 1 aliphatic rings. The second kappa shape index (κ2) is 8.14. The molecule has 0 aromatic carbocycles. The Bertz CT molecular complexity index is 217. The van der Waals surface area contributed by atoms with Gasteiger partial charge in [0.1, 0.15) is 0 Å². The number of halogens is 2. The van der Waals surface area contributed by atoms with Crippen LogP contribution in [0.4, 0.5) is 0 Å². The summed E-state index contributed by atoms with van der Waals surface area (Å²) in [6.45, 7) is 9.04. The van der Waals surface area contributed by atoms with Crippen LogP contribution in [-0.2, 0) is 20.8 Å². The van der Waals surface area contributed by atoms with Crippen molar-refractivity contribution in [1.29, 1.82) is 0 Å². The van der Waals surface area contributed by atoms with Gasteiger partial charge in [-0.1, -0.05) is 45.4 Å². The van der Waals surface area contributed by atoms with Crippen molar-refractivity contribution in [2.75, 3.05) is 0 Å². The van der Waals surface area contributed by atoms with Crippen LogP contribution >= 0.6 is 17.0 Å². The fourth-order valence-electron chi connectivity index (χ4n) is 1.37. The van der Waals surface area contributed by atoms with E-state index >= 15 is 0 Å². The Hall–Kier alpha value is 0.943. The predicted molar refractivity (Wildman–Crippen MR) is 62.2 cm³/mol. The second-order valence-electron chi connectivity index (χ2n) is 4.01. The van der Waals surface area contributed by atoms with Crippen LogP contribution in [0.15, 0.2) is 23.3 Å². The Labute approximate surface area is 106 Å². The van der Waals surface area contributed by atoms with Crippen LogP contribution in [0.25, 0.3) is 0 Å². The van der Waals surface area contributed by atoms with Gasteiger partial charge in [0.2, 0.25) is 0 Å². The summed E-state index contributed by atoms with van der Waals surface area (Å²) in [5.74, 6) is 1.42. The monoisotopic (exact) mass is 310 g/mol. The van der Waals surface area contributed by atoms with Crippen LogP contribution in [0.5, 0.6) is 0 Å². The SMILES string of the molecule is CC(C)C1=CCC(C(C)C)=C1.[Cl][Zr][Cl]. The zero-order valence-corrected chi connectivity index (χ0v) is 13.2. The van der Waals surface area contributed by atoms with E-state index in [0.29, 0.717) is 5.92 Å². The van der Waals surface area contributed by atoms with Crippen LogP contribution in [0.1, 0.15) is 34.1 Å². The Kier molecular flexibility index (Phi) is 8.68. The van der Waals surface area contributed by atoms with E-state index in [2.05, 4.69) is 39.8 Å². The van der Waals surface area contributed by atoms with Gasteiger partial charge in [0.05, 0.1) is 0 Å². The van der Waals surface area contributed by atoms with Gasteiger partial charge in [-0.05, 0) is 23.8 Å². The fraction of sp³-hybridized carbons (Fsp3) is 0.636. The van der Waals surface area contributed by atoms with Crippen LogP contribution in [0.2, 0.25) is 0 Å². The summed E-state index contributed by atoms with van der Waals surface area (Å²) in [5.41, 5.74) is 3.11. The molecule has 0 fully saturated rings. The van der Waals surface area contributed by atoms with Crippen molar-refractivity contribution in [2.24, 2.45) is 11.8 Å². The molecule has 0 saturated carbocycles. The second-order valence-corrected chi connectivity index (χ2v) is 7.74. The first-order chi connectivity index (χ1) is 6.52. The van der Waals surface area contributed by atoms with E-state index in [1.807, 2.05) is 0 Å². The molecule has 0 amide bonds. The molecule has 0 aromatic heterocycles. The fourth-order valence-corrected chi connectivity index (χ4v) is 1.37. The molecule has 3 heteroatoms. The van der Waals surface area contributed by atoms with Crippen LogP contribution in [0.3, 0.4) is 0 Å². The van der Waals surface area contributed by atoms with Crippen molar-refractivity contribution in [2.45, 2.75) is 34.1 Å². The Morgan fingerprint density at radius 3 is 1.86 bits per heavy atom. The molecule has 0 N–H and O–H groups in total. The molecule has 0 unspecified atom stereocenters. The van der Waals surface area contributed by atoms with E-state index in [-0.39, 0.29) is 0 Å². The molecule has 80 valence electrons. The van der Waals surface area contributed by atoms with Crippen LogP contribution in [-0.4, -0.2) is 0 Å². The van der Waals surface area contributed by atoms with Gasteiger partial charge in [-0.2, -0.15) is 0 Å². The molecule has 14 heavy (non-hydrogen) atoms. The summed E-state index contributed by atoms with van der Waals surface area (Å²) in [4.78, 5) is 0. The molecule has 0 aromatic rings. The number of allylic oxidation sites excluding steroid dienone is 4. The molecule has 1 aliphatic carbocycles. The number of hydrogen-bond donors (Lipinski definition) is 0.